The Bertz CT molecular complexity index is 682. The number of benzene rings is 2. The number of hydrogen-bond acceptors (Lipinski definition) is 3. The average Bonchev–Trinajstić information content (AvgIpc) is 2.64. The molecule has 150 valence electrons. The molecule has 1 atom stereocenters. The summed E-state index contributed by atoms with van der Waals surface area (Å²) < 4.78 is 5.66. The van der Waals surface area contributed by atoms with Crippen LogP contribution in [0.25, 0.3) is 10.8 Å². The van der Waals surface area contributed by atoms with Gasteiger partial charge in [-0.2, -0.15) is 0 Å². The van der Waals surface area contributed by atoms with Gasteiger partial charge in [0.15, 0.2) is 0 Å². The molecule has 2 aromatic rings. The van der Waals surface area contributed by atoms with E-state index >= 15 is 0 Å². The molecule has 2 aromatic carbocycles. The molecule has 0 saturated heterocycles. The van der Waals surface area contributed by atoms with Crippen molar-refractivity contribution < 1.29 is 9.53 Å². The molecule has 1 unspecified atom stereocenters. The number of hydrogen-bond donors (Lipinski definition) is 0. The Labute approximate surface area is 170 Å². The normalized spacial score (nSPS) is 12.0. The molecule has 0 spiro atoms. The number of esters is 1. The number of fused-ring (bicyclic) bond motifs is 1. The Kier molecular flexibility index (Phi) is 11.1. The summed E-state index contributed by atoms with van der Waals surface area (Å²) in [4.78, 5) is 14.3. The fraction of sp³-hybridized carbons (Fsp3) is 0.522. The highest BCUT2D eigenvalue weighted by Gasteiger charge is 2.17. The van der Waals surface area contributed by atoms with Crippen LogP contribution in [0.3, 0.4) is 0 Å². The summed E-state index contributed by atoms with van der Waals surface area (Å²) in [7, 11) is 4.20. The predicted octanol–water partition coefficient (Wildman–Crippen LogP) is 5.81. The van der Waals surface area contributed by atoms with E-state index in [1.165, 1.54) is 16.3 Å². The van der Waals surface area contributed by atoms with Gasteiger partial charge in [0.2, 0.25) is 0 Å². The maximum absolute atomic E-state index is 12.1. The highest BCUT2D eigenvalue weighted by Crippen LogP contribution is 2.29. The third kappa shape index (κ3) is 7.90. The Morgan fingerprint density at radius 1 is 1.04 bits per heavy atom. The molecular formula is C23H34ClNO2. The molecule has 2 rings (SSSR count). The van der Waals surface area contributed by atoms with Gasteiger partial charge in [-0.3, -0.25) is 4.79 Å². The summed E-state index contributed by atoms with van der Waals surface area (Å²) in [5, 5.41) is 2.52. The molecule has 0 bridgehead atoms. The molecule has 3 nitrogen and oxygen atoms in total. The van der Waals surface area contributed by atoms with Crippen LogP contribution in [0.1, 0.15) is 56.9 Å². The summed E-state index contributed by atoms with van der Waals surface area (Å²) in [6.45, 7) is 3.67. The number of carbonyl (C=O) groups excluding carboxylic acids is 1. The van der Waals surface area contributed by atoms with Crippen molar-refractivity contribution in [2.75, 3.05) is 27.2 Å². The lowest BCUT2D eigenvalue weighted by molar-refractivity contribution is -0.144. The molecule has 0 aromatic heterocycles. The summed E-state index contributed by atoms with van der Waals surface area (Å²) in [5.41, 5.74) is 1.29. The monoisotopic (exact) mass is 391 g/mol. The van der Waals surface area contributed by atoms with Crippen LogP contribution in [0.15, 0.2) is 42.5 Å². The summed E-state index contributed by atoms with van der Waals surface area (Å²) >= 11 is 0. The maximum atomic E-state index is 12.1. The first-order valence-electron chi connectivity index (χ1n) is 9.89. The van der Waals surface area contributed by atoms with Crippen molar-refractivity contribution in [3.8, 4) is 0 Å². The lowest BCUT2D eigenvalue weighted by atomic mass is 9.90. The molecule has 0 heterocycles. The van der Waals surface area contributed by atoms with Crippen LogP contribution < -0.4 is 0 Å². The van der Waals surface area contributed by atoms with E-state index in [4.69, 9.17) is 4.74 Å². The zero-order valence-electron chi connectivity index (χ0n) is 16.9. The Morgan fingerprint density at radius 3 is 2.52 bits per heavy atom. The van der Waals surface area contributed by atoms with Crippen LogP contribution in [0, 0.1) is 0 Å². The van der Waals surface area contributed by atoms with Gasteiger partial charge in [0.1, 0.15) is 0 Å². The third-order valence-corrected chi connectivity index (χ3v) is 4.85. The van der Waals surface area contributed by atoms with Crippen molar-refractivity contribution in [3.05, 3.63) is 48.0 Å². The molecular weight excluding hydrogens is 358 g/mol. The topological polar surface area (TPSA) is 29.5 Å². The van der Waals surface area contributed by atoms with E-state index in [1.54, 1.807) is 0 Å². The number of unbranched alkanes of at least 4 members (excludes halogenated alkanes) is 2. The summed E-state index contributed by atoms with van der Waals surface area (Å²) in [5.74, 6) is 0.187. The van der Waals surface area contributed by atoms with Crippen molar-refractivity contribution in [2.45, 2.75) is 51.4 Å². The second kappa shape index (κ2) is 12.7. The van der Waals surface area contributed by atoms with E-state index in [2.05, 4.69) is 68.4 Å². The molecule has 0 radical (unpaired) electrons. The molecule has 4 heteroatoms. The Morgan fingerprint density at radius 2 is 1.78 bits per heavy atom. The molecule has 0 N–H and O–H groups in total. The van der Waals surface area contributed by atoms with E-state index < -0.39 is 0 Å². The van der Waals surface area contributed by atoms with E-state index in [-0.39, 0.29) is 24.3 Å². The highest BCUT2D eigenvalue weighted by atomic mass is 35.5. The quantitative estimate of drug-likeness (QED) is 0.357. The average molecular weight is 392 g/mol. The third-order valence-electron chi connectivity index (χ3n) is 4.85. The Balaban J connectivity index is 0.00000364. The number of halogens is 1. The highest BCUT2D eigenvalue weighted by molar-refractivity contribution is 5.86. The van der Waals surface area contributed by atoms with Gasteiger partial charge in [-0.05, 0) is 56.2 Å². The van der Waals surface area contributed by atoms with Crippen molar-refractivity contribution in [2.24, 2.45) is 0 Å². The van der Waals surface area contributed by atoms with E-state index in [1.807, 2.05) is 0 Å². The zero-order chi connectivity index (χ0) is 18.8. The zero-order valence-corrected chi connectivity index (χ0v) is 17.8. The molecule has 0 saturated carbocycles. The van der Waals surface area contributed by atoms with Crippen molar-refractivity contribution in [3.63, 3.8) is 0 Å². The number of carbonyl (C=O) groups is 1. The van der Waals surface area contributed by atoms with E-state index in [0.717, 1.165) is 38.6 Å². The maximum Gasteiger partial charge on any atom is 0.305 e. The van der Waals surface area contributed by atoms with E-state index in [9.17, 15) is 4.79 Å². The van der Waals surface area contributed by atoms with Crippen LogP contribution in [-0.2, 0) is 9.53 Å². The molecule has 0 fully saturated rings. The summed E-state index contributed by atoms with van der Waals surface area (Å²) in [6.07, 6.45) is 5.78. The standard InChI is InChI=1S/C23H33NO2.ClH/c1-4-5-6-16-23(25)26-18-20(13-10-17-24(2)3)22-15-9-12-19-11-7-8-14-21(19)22;/h7-9,11-12,14-15,20H,4-6,10,13,16-18H2,1-3H3;1H. The van der Waals surface area contributed by atoms with Crippen LogP contribution >= 0.6 is 12.4 Å². The van der Waals surface area contributed by atoms with Gasteiger partial charge in [0.05, 0.1) is 6.61 Å². The number of ether oxygens (including phenoxy) is 1. The minimum absolute atomic E-state index is 0. The fourth-order valence-electron chi connectivity index (χ4n) is 3.37. The fourth-order valence-corrected chi connectivity index (χ4v) is 3.37. The lowest BCUT2D eigenvalue weighted by Crippen LogP contribution is -2.17. The van der Waals surface area contributed by atoms with Gasteiger partial charge in [-0.15, -0.1) is 12.4 Å². The van der Waals surface area contributed by atoms with Gasteiger partial charge in [-0.25, -0.2) is 0 Å². The largest absolute Gasteiger partial charge is 0.465 e. The van der Waals surface area contributed by atoms with Gasteiger partial charge in [0.25, 0.3) is 0 Å². The molecule has 0 amide bonds. The van der Waals surface area contributed by atoms with Crippen LogP contribution in [0.4, 0.5) is 0 Å². The van der Waals surface area contributed by atoms with Crippen molar-refractivity contribution >= 4 is 29.1 Å². The van der Waals surface area contributed by atoms with Gasteiger partial charge in [-0.1, -0.05) is 62.2 Å². The van der Waals surface area contributed by atoms with Crippen LogP contribution in [0.5, 0.6) is 0 Å². The molecule has 0 aliphatic heterocycles. The second-order valence-corrected chi connectivity index (χ2v) is 7.35. The second-order valence-electron chi connectivity index (χ2n) is 7.35. The van der Waals surface area contributed by atoms with Gasteiger partial charge >= 0.3 is 5.97 Å². The first-order valence-corrected chi connectivity index (χ1v) is 9.89. The molecule has 27 heavy (non-hydrogen) atoms. The number of rotatable bonds is 11. The smallest absolute Gasteiger partial charge is 0.305 e. The minimum Gasteiger partial charge on any atom is -0.465 e. The van der Waals surface area contributed by atoms with Gasteiger partial charge in [0, 0.05) is 12.3 Å². The number of nitrogens with zero attached hydrogens (tertiary/aromatic N) is 1. The first-order chi connectivity index (χ1) is 12.6. The molecule has 0 aliphatic carbocycles. The van der Waals surface area contributed by atoms with Crippen molar-refractivity contribution in [1.82, 2.24) is 4.90 Å². The molecule has 0 aliphatic rings. The SMILES string of the molecule is CCCCCC(=O)OCC(CCCN(C)C)c1cccc2ccccc12.Cl. The van der Waals surface area contributed by atoms with Crippen molar-refractivity contribution in [1.29, 1.82) is 0 Å². The van der Waals surface area contributed by atoms with Crippen LogP contribution in [0.2, 0.25) is 0 Å². The van der Waals surface area contributed by atoms with Crippen LogP contribution in [-0.4, -0.2) is 38.1 Å². The predicted molar refractivity (Wildman–Crippen MR) is 117 cm³/mol. The van der Waals surface area contributed by atoms with Gasteiger partial charge < -0.3 is 9.64 Å². The summed E-state index contributed by atoms with van der Waals surface area (Å²) in [6, 6.07) is 14.9. The van der Waals surface area contributed by atoms with E-state index in [0.29, 0.717) is 13.0 Å². The Hall–Kier alpha value is -1.58. The lowest BCUT2D eigenvalue weighted by Gasteiger charge is -2.20. The minimum atomic E-state index is -0.0590. The first kappa shape index (κ1) is 23.5.